The lowest BCUT2D eigenvalue weighted by atomic mass is 10.3. The van der Waals surface area contributed by atoms with Gasteiger partial charge in [0.1, 0.15) is 5.82 Å². The second-order valence-electron chi connectivity index (χ2n) is 5.25. The Morgan fingerprint density at radius 1 is 1.31 bits per heavy atom. The molecule has 0 radical (unpaired) electrons. The van der Waals surface area contributed by atoms with Crippen LogP contribution >= 0.6 is 11.3 Å². The second-order valence-corrected chi connectivity index (χ2v) is 6.20. The molecule has 0 saturated carbocycles. The highest BCUT2D eigenvalue weighted by molar-refractivity contribution is 7.13. The predicted octanol–water partition coefficient (Wildman–Crippen LogP) is 2.11. The fourth-order valence-electron chi connectivity index (χ4n) is 2.00. The van der Waals surface area contributed by atoms with Gasteiger partial charge in [0, 0.05) is 5.69 Å². The predicted molar refractivity (Wildman–Crippen MR) is 91.7 cm³/mol. The zero-order valence-corrected chi connectivity index (χ0v) is 14.4. The van der Waals surface area contributed by atoms with Crippen molar-refractivity contribution in [2.24, 2.45) is 0 Å². The maximum Gasteiger partial charge on any atom is 0.330 e. The van der Waals surface area contributed by atoms with Crippen molar-refractivity contribution in [2.75, 3.05) is 5.32 Å². The Kier molecular flexibility index (Phi) is 5.32. The summed E-state index contributed by atoms with van der Waals surface area (Å²) < 4.78 is 17.9. The summed E-state index contributed by atoms with van der Waals surface area (Å²) in [7, 11) is 0. The lowest BCUT2D eigenvalue weighted by molar-refractivity contribution is -0.154. The zero-order chi connectivity index (χ0) is 18.5. The molecule has 0 spiro atoms. The smallest absolute Gasteiger partial charge is 0.330 e. The number of ether oxygens (including phenoxy) is 1. The van der Waals surface area contributed by atoms with Gasteiger partial charge in [-0.05, 0) is 47.8 Å². The summed E-state index contributed by atoms with van der Waals surface area (Å²) in [6.07, 6.45) is -1.03. The number of nitrogens with zero attached hydrogens (tertiary/aromatic N) is 4. The number of hydrogen-bond acceptors (Lipinski definition) is 7. The SMILES string of the molecule is C[C@@H](OC(=O)Cn1nnc(-c2cccs2)n1)C(=O)Nc1ccc(F)cc1. The molecule has 3 rings (SSSR count). The molecule has 0 aliphatic heterocycles. The number of aromatic nitrogens is 4. The molecule has 2 heterocycles. The summed E-state index contributed by atoms with van der Waals surface area (Å²) in [6.45, 7) is 1.16. The van der Waals surface area contributed by atoms with Gasteiger partial charge in [0.15, 0.2) is 12.6 Å². The largest absolute Gasteiger partial charge is 0.451 e. The van der Waals surface area contributed by atoms with Crippen LogP contribution in [0.2, 0.25) is 0 Å². The van der Waals surface area contributed by atoms with Crippen LogP contribution in [0.5, 0.6) is 0 Å². The standard InChI is InChI=1S/C16H14FN5O3S/c1-10(16(24)18-12-6-4-11(17)5-7-12)25-14(23)9-22-20-15(19-21-22)13-3-2-8-26-13/h2-8,10H,9H2,1H3,(H,18,24)/t10-/m1/s1. The summed E-state index contributed by atoms with van der Waals surface area (Å²) >= 11 is 1.45. The minimum atomic E-state index is -1.03. The third-order valence-electron chi connectivity index (χ3n) is 3.25. The van der Waals surface area contributed by atoms with Crippen LogP contribution < -0.4 is 5.32 Å². The quantitative estimate of drug-likeness (QED) is 0.663. The fourth-order valence-corrected chi connectivity index (χ4v) is 2.64. The van der Waals surface area contributed by atoms with E-state index in [0.717, 1.165) is 9.67 Å². The van der Waals surface area contributed by atoms with E-state index in [1.54, 1.807) is 0 Å². The number of hydrogen-bond donors (Lipinski definition) is 1. The number of halogens is 1. The molecule has 1 amide bonds. The molecule has 0 saturated heterocycles. The van der Waals surface area contributed by atoms with Crippen LogP contribution in [-0.4, -0.2) is 38.2 Å². The molecule has 26 heavy (non-hydrogen) atoms. The highest BCUT2D eigenvalue weighted by atomic mass is 32.1. The zero-order valence-electron chi connectivity index (χ0n) is 13.6. The third kappa shape index (κ3) is 4.48. The minimum absolute atomic E-state index is 0.271. The van der Waals surface area contributed by atoms with Gasteiger partial charge in [0.2, 0.25) is 5.82 Å². The van der Waals surface area contributed by atoms with Crippen molar-refractivity contribution >= 4 is 28.9 Å². The van der Waals surface area contributed by atoms with Crippen molar-refractivity contribution in [3.05, 3.63) is 47.6 Å². The van der Waals surface area contributed by atoms with Gasteiger partial charge in [-0.15, -0.1) is 21.5 Å². The summed E-state index contributed by atoms with van der Waals surface area (Å²) in [5.74, 6) is -1.21. The lowest BCUT2D eigenvalue weighted by Crippen LogP contribution is -2.31. The van der Waals surface area contributed by atoms with Crippen LogP contribution in [0.15, 0.2) is 41.8 Å². The topological polar surface area (TPSA) is 99.0 Å². The lowest BCUT2D eigenvalue weighted by Gasteiger charge is -2.13. The monoisotopic (exact) mass is 375 g/mol. The average Bonchev–Trinajstić information content (AvgIpc) is 3.28. The summed E-state index contributed by atoms with van der Waals surface area (Å²) in [6, 6.07) is 8.95. The molecular weight excluding hydrogens is 361 g/mol. The molecule has 1 atom stereocenters. The average molecular weight is 375 g/mol. The first-order chi connectivity index (χ1) is 12.5. The van der Waals surface area contributed by atoms with Crippen LogP contribution in [0.3, 0.4) is 0 Å². The number of amides is 1. The molecule has 2 aromatic heterocycles. The maximum absolute atomic E-state index is 12.9. The van der Waals surface area contributed by atoms with E-state index in [4.69, 9.17) is 4.74 Å². The molecular formula is C16H14FN5O3S. The Balaban J connectivity index is 1.52. The molecule has 134 valence electrons. The van der Waals surface area contributed by atoms with Gasteiger partial charge in [-0.25, -0.2) is 9.18 Å². The highest BCUT2D eigenvalue weighted by Crippen LogP contribution is 2.19. The third-order valence-corrected chi connectivity index (χ3v) is 4.12. The van der Waals surface area contributed by atoms with E-state index in [0.29, 0.717) is 11.5 Å². The number of tetrazole rings is 1. The van der Waals surface area contributed by atoms with E-state index >= 15 is 0 Å². The number of rotatable bonds is 6. The number of nitrogens with one attached hydrogen (secondary N) is 1. The molecule has 1 N–H and O–H groups in total. The van der Waals surface area contributed by atoms with Crippen LogP contribution in [0.4, 0.5) is 10.1 Å². The van der Waals surface area contributed by atoms with E-state index in [1.807, 2.05) is 17.5 Å². The van der Waals surface area contributed by atoms with Gasteiger partial charge >= 0.3 is 5.97 Å². The van der Waals surface area contributed by atoms with Crippen molar-refractivity contribution in [2.45, 2.75) is 19.6 Å². The van der Waals surface area contributed by atoms with E-state index < -0.39 is 23.8 Å². The van der Waals surface area contributed by atoms with Crippen molar-refractivity contribution in [3.8, 4) is 10.7 Å². The molecule has 0 unspecified atom stereocenters. The van der Waals surface area contributed by atoms with Crippen LogP contribution in [-0.2, 0) is 20.9 Å². The minimum Gasteiger partial charge on any atom is -0.451 e. The molecule has 10 heteroatoms. The molecule has 0 aliphatic carbocycles. The number of esters is 1. The van der Waals surface area contributed by atoms with Crippen LogP contribution in [0.25, 0.3) is 10.7 Å². The number of thiophene rings is 1. The molecule has 8 nitrogen and oxygen atoms in total. The van der Waals surface area contributed by atoms with Crippen molar-refractivity contribution in [1.29, 1.82) is 0 Å². The first-order valence-electron chi connectivity index (χ1n) is 7.59. The molecule has 0 aliphatic rings. The van der Waals surface area contributed by atoms with E-state index in [2.05, 4.69) is 20.7 Å². The van der Waals surface area contributed by atoms with E-state index in [-0.39, 0.29) is 6.54 Å². The van der Waals surface area contributed by atoms with E-state index in [1.165, 1.54) is 42.5 Å². The van der Waals surface area contributed by atoms with Gasteiger partial charge < -0.3 is 10.1 Å². The van der Waals surface area contributed by atoms with Gasteiger partial charge in [-0.1, -0.05) is 6.07 Å². The summed E-state index contributed by atoms with van der Waals surface area (Å²) in [4.78, 5) is 25.9. The fraction of sp³-hybridized carbons (Fsp3) is 0.188. The summed E-state index contributed by atoms with van der Waals surface area (Å²) in [5.41, 5.74) is 0.401. The Morgan fingerprint density at radius 3 is 2.77 bits per heavy atom. The second kappa shape index (κ2) is 7.83. The number of carbonyl (C=O) groups is 2. The van der Waals surface area contributed by atoms with Crippen LogP contribution in [0, 0.1) is 5.82 Å². The van der Waals surface area contributed by atoms with Gasteiger partial charge in [-0.3, -0.25) is 4.79 Å². The first-order valence-corrected chi connectivity index (χ1v) is 8.47. The number of benzene rings is 1. The van der Waals surface area contributed by atoms with Crippen molar-refractivity contribution < 1.29 is 18.7 Å². The first kappa shape index (κ1) is 17.7. The summed E-state index contributed by atoms with van der Waals surface area (Å²) in [5, 5.41) is 16.1. The van der Waals surface area contributed by atoms with Gasteiger partial charge in [0.25, 0.3) is 5.91 Å². The molecule has 3 aromatic rings. The Morgan fingerprint density at radius 2 is 2.08 bits per heavy atom. The van der Waals surface area contributed by atoms with Crippen LogP contribution in [0.1, 0.15) is 6.92 Å². The highest BCUT2D eigenvalue weighted by Gasteiger charge is 2.19. The molecule has 1 aromatic carbocycles. The van der Waals surface area contributed by atoms with Crippen molar-refractivity contribution in [3.63, 3.8) is 0 Å². The van der Waals surface area contributed by atoms with E-state index in [9.17, 15) is 14.0 Å². The Labute approximate surface area is 151 Å². The normalized spacial score (nSPS) is 11.8. The van der Waals surface area contributed by atoms with Gasteiger partial charge in [0.05, 0.1) is 4.88 Å². The van der Waals surface area contributed by atoms with Gasteiger partial charge in [-0.2, -0.15) is 4.80 Å². The molecule has 0 fully saturated rings. The number of anilines is 1. The Bertz CT molecular complexity index is 895. The number of carbonyl (C=O) groups excluding carboxylic acids is 2. The molecule has 0 bridgehead atoms. The maximum atomic E-state index is 12.9. The Hall–Kier alpha value is -3.14. The van der Waals surface area contributed by atoms with Crippen molar-refractivity contribution in [1.82, 2.24) is 20.2 Å².